The molecule has 0 fully saturated rings. The number of benzene rings is 1. The zero-order chi connectivity index (χ0) is 16.4. The van der Waals surface area contributed by atoms with Crippen LogP contribution in [0.1, 0.15) is 51.5 Å². The van der Waals surface area contributed by atoms with Crippen molar-refractivity contribution in [3.05, 3.63) is 35.9 Å². The summed E-state index contributed by atoms with van der Waals surface area (Å²) in [5.74, 6) is 0.381. The van der Waals surface area contributed by atoms with Crippen molar-refractivity contribution in [2.24, 2.45) is 5.92 Å². The Morgan fingerprint density at radius 1 is 1.09 bits per heavy atom. The van der Waals surface area contributed by atoms with Crippen LogP contribution in [0.3, 0.4) is 0 Å². The summed E-state index contributed by atoms with van der Waals surface area (Å²) >= 11 is 0. The summed E-state index contributed by atoms with van der Waals surface area (Å²) in [6, 6.07) is 10.1. The number of hydrogen-bond acceptors (Lipinski definition) is 3. The highest BCUT2D eigenvalue weighted by molar-refractivity contribution is 5.77. The van der Waals surface area contributed by atoms with Crippen molar-refractivity contribution in [3.63, 3.8) is 0 Å². The first-order chi connectivity index (χ1) is 10.5. The fraction of sp³-hybridized carbons (Fsp3) is 0.556. The number of esters is 1. The van der Waals surface area contributed by atoms with E-state index < -0.39 is 0 Å². The second-order valence-electron chi connectivity index (χ2n) is 6.05. The topological polar surface area (TPSA) is 55.4 Å². The van der Waals surface area contributed by atoms with Gasteiger partial charge in [0, 0.05) is 19.4 Å². The van der Waals surface area contributed by atoms with Crippen LogP contribution < -0.4 is 5.32 Å². The minimum Gasteiger partial charge on any atom is -0.465 e. The Hall–Kier alpha value is -1.84. The number of amides is 1. The third-order valence-corrected chi connectivity index (χ3v) is 3.34. The minimum atomic E-state index is -0.223. The van der Waals surface area contributed by atoms with Crippen LogP contribution in [0, 0.1) is 5.92 Å². The Kier molecular flexibility index (Phi) is 8.26. The van der Waals surface area contributed by atoms with Gasteiger partial charge in [-0.25, -0.2) is 0 Å². The average Bonchev–Trinajstić information content (AvgIpc) is 2.51. The van der Waals surface area contributed by atoms with Crippen LogP contribution in [-0.4, -0.2) is 25.0 Å². The molecule has 0 heterocycles. The van der Waals surface area contributed by atoms with E-state index in [0.29, 0.717) is 38.3 Å². The van der Waals surface area contributed by atoms with Gasteiger partial charge in [-0.15, -0.1) is 0 Å². The number of hydrogen-bond donors (Lipinski definition) is 1. The Labute approximate surface area is 133 Å². The van der Waals surface area contributed by atoms with Gasteiger partial charge in [-0.3, -0.25) is 9.59 Å². The molecule has 0 bridgehead atoms. The summed E-state index contributed by atoms with van der Waals surface area (Å²) in [7, 11) is 0. The monoisotopic (exact) mass is 305 g/mol. The Morgan fingerprint density at radius 3 is 2.41 bits per heavy atom. The maximum Gasteiger partial charge on any atom is 0.305 e. The van der Waals surface area contributed by atoms with Gasteiger partial charge in [-0.1, -0.05) is 51.1 Å². The third kappa shape index (κ3) is 7.81. The van der Waals surface area contributed by atoms with Gasteiger partial charge in [-0.05, 0) is 23.8 Å². The van der Waals surface area contributed by atoms with Crippen LogP contribution in [0.2, 0.25) is 0 Å². The van der Waals surface area contributed by atoms with Gasteiger partial charge in [-0.2, -0.15) is 0 Å². The summed E-state index contributed by atoms with van der Waals surface area (Å²) in [5, 5.41) is 2.91. The van der Waals surface area contributed by atoms with Crippen LogP contribution in [-0.2, 0) is 14.3 Å². The van der Waals surface area contributed by atoms with Crippen LogP contribution in [0.5, 0.6) is 0 Å². The van der Waals surface area contributed by atoms with E-state index >= 15 is 0 Å². The van der Waals surface area contributed by atoms with Crippen molar-refractivity contribution in [3.8, 4) is 0 Å². The summed E-state index contributed by atoms with van der Waals surface area (Å²) in [6.07, 6.45) is 1.19. The maximum absolute atomic E-state index is 11.8. The number of ether oxygens (including phenoxy) is 1. The van der Waals surface area contributed by atoms with Gasteiger partial charge < -0.3 is 10.1 Å². The van der Waals surface area contributed by atoms with Gasteiger partial charge in [0.15, 0.2) is 0 Å². The largest absolute Gasteiger partial charge is 0.465 e. The normalized spacial score (nSPS) is 12.0. The fourth-order valence-corrected chi connectivity index (χ4v) is 1.98. The van der Waals surface area contributed by atoms with E-state index in [1.165, 1.54) is 5.56 Å². The number of rotatable bonds is 9. The molecule has 0 aromatic heterocycles. The van der Waals surface area contributed by atoms with Crippen molar-refractivity contribution in [1.82, 2.24) is 5.32 Å². The van der Waals surface area contributed by atoms with Crippen LogP contribution in [0.15, 0.2) is 30.3 Å². The highest BCUT2D eigenvalue weighted by atomic mass is 16.5. The molecule has 122 valence electrons. The molecule has 0 aliphatic carbocycles. The first-order valence-corrected chi connectivity index (χ1v) is 7.96. The molecule has 22 heavy (non-hydrogen) atoms. The second kappa shape index (κ2) is 9.98. The Bertz CT molecular complexity index is 457. The van der Waals surface area contributed by atoms with Crippen LogP contribution >= 0.6 is 0 Å². The third-order valence-electron chi connectivity index (χ3n) is 3.34. The molecular formula is C18H27NO3. The molecule has 4 heteroatoms. The molecule has 1 aromatic carbocycles. The molecular weight excluding hydrogens is 278 g/mol. The summed E-state index contributed by atoms with van der Waals surface area (Å²) in [6.45, 7) is 7.13. The van der Waals surface area contributed by atoms with Gasteiger partial charge in [0.1, 0.15) is 0 Å². The lowest BCUT2D eigenvalue weighted by atomic mass is 10.0. The van der Waals surface area contributed by atoms with Gasteiger partial charge in [0.05, 0.1) is 6.61 Å². The Morgan fingerprint density at radius 2 is 1.77 bits per heavy atom. The zero-order valence-corrected chi connectivity index (χ0v) is 13.8. The van der Waals surface area contributed by atoms with E-state index in [2.05, 4.69) is 24.4 Å². The molecule has 1 amide bonds. The van der Waals surface area contributed by atoms with Gasteiger partial charge >= 0.3 is 5.97 Å². The molecule has 0 saturated heterocycles. The lowest BCUT2D eigenvalue weighted by Gasteiger charge is -2.13. The molecule has 0 spiro atoms. The fourth-order valence-electron chi connectivity index (χ4n) is 1.98. The quantitative estimate of drug-likeness (QED) is 0.712. The summed E-state index contributed by atoms with van der Waals surface area (Å²) in [4.78, 5) is 23.2. The van der Waals surface area contributed by atoms with Gasteiger partial charge in [0.25, 0.3) is 0 Å². The maximum atomic E-state index is 11.8. The van der Waals surface area contributed by atoms with Crippen molar-refractivity contribution < 1.29 is 14.3 Å². The van der Waals surface area contributed by atoms with Crippen LogP contribution in [0.25, 0.3) is 0 Å². The molecule has 1 atom stereocenters. The highest BCUT2D eigenvalue weighted by Gasteiger charge is 2.09. The lowest BCUT2D eigenvalue weighted by molar-refractivity contribution is -0.144. The lowest BCUT2D eigenvalue weighted by Crippen LogP contribution is -2.27. The second-order valence-corrected chi connectivity index (χ2v) is 6.05. The molecule has 0 radical (unpaired) electrons. The summed E-state index contributed by atoms with van der Waals surface area (Å²) < 4.78 is 5.07. The van der Waals surface area contributed by atoms with Crippen molar-refractivity contribution in [2.75, 3.05) is 13.2 Å². The zero-order valence-electron chi connectivity index (χ0n) is 13.8. The smallest absolute Gasteiger partial charge is 0.305 e. The summed E-state index contributed by atoms with van der Waals surface area (Å²) in [5.41, 5.74) is 1.21. The van der Waals surface area contributed by atoms with Crippen molar-refractivity contribution in [1.29, 1.82) is 0 Å². The number of carbonyl (C=O) groups excluding carboxylic acids is 2. The number of carbonyl (C=O) groups is 2. The van der Waals surface area contributed by atoms with Crippen molar-refractivity contribution in [2.45, 2.75) is 46.0 Å². The van der Waals surface area contributed by atoms with E-state index in [0.717, 1.165) is 0 Å². The first-order valence-electron chi connectivity index (χ1n) is 7.96. The molecule has 1 rings (SSSR count). The molecule has 0 aliphatic heterocycles. The minimum absolute atomic E-state index is 0.0144. The van der Waals surface area contributed by atoms with Gasteiger partial charge in [0.2, 0.25) is 5.91 Å². The molecule has 0 saturated carbocycles. The molecule has 1 aromatic rings. The standard InChI is InChI=1S/C18H27NO3/c1-14(2)13-22-18(21)11-7-10-17(20)19-12-15(3)16-8-5-4-6-9-16/h4-6,8-9,14-15H,7,10-13H2,1-3H3,(H,19,20). The van der Waals surface area contributed by atoms with E-state index in [-0.39, 0.29) is 17.8 Å². The van der Waals surface area contributed by atoms with E-state index in [4.69, 9.17) is 4.74 Å². The van der Waals surface area contributed by atoms with Crippen molar-refractivity contribution >= 4 is 11.9 Å². The number of nitrogens with one attached hydrogen (secondary N) is 1. The molecule has 1 unspecified atom stereocenters. The van der Waals surface area contributed by atoms with E-state index in [9.17, 15) is 9.59 Å². The average molecular weight is 305 g/mol. The SMILES string of the molecule is CC(C)COC(=O)CCCC(=O)NCC(C)c1ccccc1. The predicted molar refractivity (Wildman–Crippen MR) is 87.5 cm³/mol. The Balaban J connectivity index is 2.15. The van der Waals surface area contributed by atoms with E-state index in [1.807, 2.05) is 32.0 Å². The highest BCUT2D eigenvalue weighted by Crippen LogP contribution is 2.13. The molecule has 1 N–H and O–H groups in total. The molecule has 4 nitrogen and oxygen atoms in total. The van der Waals surface area contributed by atoms with E-state index in [1.54, 1.807) is 0 Å². The molecule has 0 aliphatic rings. The van der Waals surface area contributed by atoms with Crippen LogP contribution in [0.4, 0.5) is 0 Å². The first kappa shape index (κ1) is 18.2. The predicted octanol–water partition coefficient (Wildman–Crippen LogP) is 3.28.